The molecule has 1 aliphatic heterocycles. The van der Waals surface area contributed by atoms with Crippen LogP contribution in [0.5, 0.6) is 0 Å². The molecule has 0 bridgehead atoms. The first-order valence-corrected chi connectivity index (χ1v) is 7.41. The lowest BCUT2D eigenvalue weighted by atomic mass is 9.91. The molecular weight excluding hydrogens is 264 g/mol. The van der Waals surface area contributed by atoms with Gasteiger partial charge in [0.1, 0.15) is 5.82 Å². The van der Waals surface area contributed by atoms with Gasteiger partial charge in [0.15, 0.2) is 0 Å². The Hall–Kier alpha value is -1.69. The fraction of sp³-hybridized carbons (Fsp3) is 0.438. The van der Waals surface area contributed by atoms with Crippen molar-refractivity contribution in [2.45, 2.75) is 31.4 Å². The minimum Gasteiger partial charge on any atom is -0.371 e. The fourth-order valence-electron chi connectivity index (χ4n) is 3.00. The van der Waals surface area contributed by atoms with Crippen molar-refractivity contribution in [2.24, 2.45) is 12.9 Å². The minimum absolute atomic E-state index is 0.0141. The van der Waals surface area contributed by atoms with E-state index in [-0.39, 0.29) is 12.1 Å². The molecule has 5 nitrogen and oxygen atoms in total. The number of imidazole rings is 1. The number of benzene rings is 1. The number of hydrazine groups is 1. The van der Waals surface area contributed by atoms with Crippen LogP contribution >= 0.6 is 0 Å². The molecule has 3 rings (SSSR count). The minimum atomic E-state index is 0.0141. The van der Waals surface area contributed by atoms with Crippen molar-refractivity contribution in [1.82, 2.24) is 15.0 Å². The summed E-state index contributed by atoms with van der Waals surface area (Å²) in [5.41, 5.74) is 5.56. The van der Waals surface area contributed by atoms with Crippen LogP contribution in [-0.2, 0) is 24.6 Å². The zero-order valence-corrected chi connectivity index (χ0v) is 12.3. The lowest BCUT2D eigenvalue weighted by molar-refractivity contribution is 0.0132. The molecule has 0 aliphatic carbocycles. The Bertz CT molecular complexity index is 595. The van der Waals surface area contributed by atoms with Gasteiger partial charge < -0.3 is 9.30 Å². The van der Waals surface area contributed by atoms with Crippen molar-refractivity contribution in [3.05, 3.63) is 53.6 Å². The fourth-order valence-corrected chi connectivity index (χ4v) is 3.00. The maximum absolute atomic E-state index is 5.99. The molecule has 2 unspecified atom stereocenters. The topological polar surface area (TPSA) is 65.1 Å². The van der Waals surface area contributed by atoms with Crippen molar-refractivity contribution < 1.29 is 4.74 Å². The maximum Gasteiger partial charge on any atom is 0.108 e. The summed E-state index contributed by atoms with van der Waals surface area (Å²) in [5, 5.41) is 0. The second-order valence-corrected chi connectivity index (χ2v) is 5.51. The average molecular weight is 286 g/mol. The molecule has 112 valence electrons. The van der Waals surface area contributed by atoms with E-state index in [9.17, 15) is 0 Å². The molecule has 0 amide bonds. The Morgan fingerprint density at radius 3 is 3.10 bits per heavy atom. The highest BCUT2D eigenvalue weighted by molar-refractivity contribution is 5.31. The Kier molecular flexibility index (Phi) is 4.34. The molecular formula is C16H22N4O. The zero-order chi connectivity index (χ0) is 14.7. The number of rotatable bonds is 5. The molecule has 1 aliphatic rings. The summed E-state index contributed by atoms with van der Waals surface area (Å²) in [4.78, 5) is 4.37. The average Bonchev–Trinajstić information content (AvgIpc) is 2.93. The molecule has 0 spiro atoms. The van der Waals surface area contributed by atoms with E-state index in [1.165, 1.54) is 11.1 Å². The highest BCUT2D eigenvalue weighted by atomic mass is 16.5. The van der Waals surface area contributed by atoms with E-state index >= 15 is 0 Å². The highest BCUT2D eigenvalue weighted by Crippen LogP contribution is 2.30. The van der Waals surface area contributed by atoms with Crippen LogP contribution in [0, 0.1) is 0 Å². The van der Waals surface area contributed by atoms with E-state index in [4.69, 9.17) is 10.6 Å². The SMILES string of the molecule is Cn1ccnc1CCC(NN)C1OCCc2ccccc21. The summed E-state index contributed by atoms with van der Waals surface area (Å²) >= 11 is 0. The summed E-state index contributed by atoms with van der Waals surface area (Å²) in [6, 6.07) is 8.55. The van der Waals surface area contributed by atoms with Gasteiger partial charge in [-0.15, -0.1) is 0 Å². The number of ether oxygens (including phenoxy) is 1. The van der Waals surface area contributed by atoms with E-state index in [1.807, 2.05) is 24.0 Å². The number of aromatic nitrogens is 2. The number of fused-ring (bicyclic) bond motifs is 1. The highest BCUT2D eigenvalue weighted by Gasteiger charge is 2.28. The largest absolute Gasteiger partial charge is 0.371 e. The van der Waals surface area contributed by atoms with Gasteiger partial charge in [-0.05, 0) is 24.0 Å². The van der Waals surface area contributed by atoms with Crippen LogP contribution < -0.4 is 11.3 Å². The van der Waals surface area contributed by atoms with Crippen molar-refractivity contribution in [1.29, 1.82) is 0 Å². The first kappa shape index (κ1) is 14.3. The van der Waals surface area contributed by atoms with Crippen LogP contribution in [-0.4, -0.2) is 22.2 Å². The molecule has 5 heteroatoms. The summed E-state index contributed by atoms with van der Waals surface area (Å²) in [5.74, 6) is 6.85. The second kappa shape index (κ2) is 6.39. The third-order valence-corrected chi connectivity index (χ3v) is 4.21. The van der Waals surface area contributed by atoms with E-state index in [1.54, 1.807) is 0 Å². The molecule has 21 heavy (non-hydrogen) atoms. The molecule has 1 aromatic heterocycles. The number of nitrogens with one attached hydrogen (secondary N) is 1. The van der Waals surface area contributed by atoms with Gasteiger partial charge in [-0.3, -0.25) is 11.3 Å². The van der Waals surface area contributed by atoms with Crippen LogP contribution in [0.2, 0.25) is 0 Å². The molecule has 2 heterocycles. The molecule has 3 N–H and O–H groups in total. The number of nitrogens with two attached hydrogens (primary N) is 1. The van der Waals surface area contributed by atoms with E-state index in [0.717, 1.165) is 31.7 Å². The summed E-state index contributed by atoms with van der Waals surface area (Å²) in [7, 11) is 2.01. The van der Waals surface area contributed by atoms with Crippen LogP contribution in [0.1, 0.15) is 29.5 Å². The Labute approximate surface area is 125 Å². The predicted molar refractivity (Wildman–Crippen MR) is 81.5 cm³/mol. The third-order valence-electron chi connectivity index (χ3n) is 4.21. The smallest absolute Gasteiger partial charge is 0.108 e. The molecule has 2 atom stereocenters. The molecule has 0 fully saturated rings. The van der Waals surface area contributed by atoms with Gasteiger partial charge >= 0.3 is 0 Å². The molecule has 0 radical (unpaired) electrons. The quantitative estimate of drug-likeness (QED) is 0.646. The summed E-state index contributed by atoms with van der Waals surface area (Å²) in [6.07, 6.45) is 6.55. The van der Waals surface area contributed by atoms with Gasteiger partial charge in [-0.1, -0.05) is 24.3 Å². The normalized spacial score (nSPS) is 19.2. The van der Waals surface area contributed by atoms with E-state index in [2.05, 4.69) is 34.7 Å². The number of hydrogen-bond donors (Lipinski definition) is 2. The Morgan fingerprint density at radius 1 is 1.48 bits per heavy atom. The molecule has 2 aromatic rings. The van der Waals surface area contributed by atoms with Gasteiger partial charge in [0.2, 0.25) is 0 Å². The van der Waals surface area contributed by atoms with Crippen LogP contribution in [0.3, 0.4) is 0 Å². The van der Waals surface area contributed by atoms with E-state index in [0.29, 0.717) is 0 Å². The predicted octanol–water partition coefficient (Wildman–Crippen LogP) is 1.50. The van der Waals surface area contributed by atoms with Crippen molar-refractivity contribution in [3.63, 3.8) is 0 Å². The third kappa shape index (κ3) is 3.00. The van der Waals surface area contributed by atoms with Crippen molar-refractivity contribution in [3.8, 4) is 0 Å². The van der Waals surface area contributed by atoms with Gasteiger partial charge in [-0.25, -0.2) is 4.98 Å². The first-order valence-electron chi connectivity index (χ1n) is 7.41. The first-order chi connectivity index (χ1) is 10.3. The number of aryl methyl sites for hydroxylation is 2. The summed E-state index contributed by atoms with van der Waals surface area (Å²) < 4.78 is 8.03. The molecule has 0 saturated carbocycles. The van der Waals surface area contributed by atoms with Gasteiger partial charge in [0.25, 0.3) is 0 Å². The summed E-state index contributed by atoms with van der Waals surface area (Å²) in [6.45, 7) is 0.752. The van der Waals surface area contributed by atoms with Gasteiger partial charge in [-0.2, -0.15) is 0 Å². The zero-order valence-electron chi connectivity index (χ0n) is 12.3. The second-order valence-electron chi connectivity index (χ2n) is 5.51. The van der Waals surface area contributed by atoms with Crippen molar-refractivity contribution in [2.75, 3.05) is 6.61 Å². The number of hydrogen-bond acceptors (Lipinski definition) is 4. The Balaban J connectivity index is 1.73. The molecule has 0 saturated heterocycles. The van der Waals surface area contributed by atoms with E-state index < -0.39 is 0 Å². The molecule has 1 aromatic carbocycles. The standard InChI is InChI=1S/C16H22N4O/c1-20-10-9-18-15(20)7-6-14(19-17)16-13-5-3-2-4-12(13)8-11-21-16/h2-5,9-10,14,16,19H,6-8,11,17H2,1H3. The van der Waals surface area contributed by atoms with Gasteiger partial charge in [0, 0.05) is 25.9 Å². The maximum atomic E-state index is 5.99. The van der Waals surface area contributed by atoms with Crippen molar-refractivity contribution >= 4 is 0 Å². The van der Waals surface area contributed by atoms with Crippen LogP contribution in [0.4, 0.5) is 0 Å². The number of nitrogens with zero attached hydrogens (tertiary/aromatic N) is 2. The lowest BCUT2D eigenvalue weighted by Gasteiger charge is -2.32. The lowest BCUT2D eigenvalue weighted by Crippen LogP contribution is -2.42. The Morgan fingerprint density at radius 2 is 2.33 bits per heavy atom. The monoisotopic (exact) mass is 286 g/mol. The van der Waals surface area contributed by atoms with Crippen LogP contribution in [0.25, 0.3) is 0 Å². The van der Waals surface area contributed by atoms with Gasteiger partial charge in [0.05, 0.1) is 18.8 Å². The van der Waals surface area contributed by atoms with Crippen LogP contribution in [0.15, 0.2) is 36.7 Å².